The van der Waals surface area contributed by atoms with Gasteiger partial charge in [0.25, 0.3) is 0 Å². The van der Waals surface area contributed by atoms with Gasteiger partial charge in [-0.1, -0.05) is 19.9 Å². The summed E-state index contributed by atoms with van der Waals surface area (Å²) < 4.78 is 5.24. The van der Waals surface area contributed by atoms with Crippen LogP contribution in [0.2, 0.25) is 0 Å². The molecular formula is C12H18N2O. The van der Waals surface area contributed by atoms with Gasteiger partial charge >= 0.3 is 0 Å². The van der Waals surface area contributed by atoms with Crippen LogP contribution in [0.3, 0.4) is 0 Å². The maximum Gasteiger partial charge on any atom is 0.129 e. The number of rotatable bonds is 3. The predicted molar refractivity (Wildman–Crippen MR) is 63.7 cm³/mol. The minimum absolute atomic E-state index is 0.472. The molecule has 0 radical (unpaired) electrons. The Morgan fingerprint density at radius 1 is 1.40 bits per heavy atom. The van der Waals surface area contributed by atoms with E-state index in [9.17, 15) is 0 Å². The molecule has 15 heavy (non-hydrogen) atoms. The van der Waals surface area contributed by atoms with Crippen molar-refractivity contribution >= 4 is 5.84 Å². The molecule has 0 unspecified atom stereocenters. The zero-order valence-corrected chi connectivity index (χ0v) is 9.74. The normalized spacial score (nSPS) is 11.9. The molecule has 0 amide bonds. The molecule has 2 N–H and O–H groups in total. The third kappa shape index (κ3) is 2.49. The van der Waals surface area contributed by atoms with Crippen LogP contribution < -0.4 is 10.5 Å². The molecule has 0 bridgehead atoms. The molecule has 0 saturated heterocycles. The number of ether oxygens (including phenoxy) is 1. The van der Waals surface area contributed by atoms with Gasteiger partial charge < -0.3 is 10.5 Å². The Kier molecular flexibility index (Phi) is 3.72. The van der Waals surface area contributed by atoms with Crippen molar-refractivity contribution in [2.45, 2.75) is 19.8 Å². The topological polar surface area (TPSA) is 47.6 Å². The first-order valence-electron chi connectivity index (χ1n) is 5.00. The van der Waals surface area contributed by atoms with Crippen LogP contribution in [0.15, 0.2) is 23.2 Å². The van der Waals surface area contributed by atoms with Crippen LogP contribution in [0.1, 0.15) is 30.9 Å². The molecule has 1 rings (SSSR count). The fraction of sp³-hybridized carbons (Fsp3) is 0.417. The van der Waals surface area contributed by atoms with E-state index in [1.165, 1.54) is 5.56 Å². The van der Waals surface area contributed by atoms with Gasteiger partial charge in [0.15, 0.2) is 0 Å². The fourth-order valence-corrected chi connectivity index (χ4v) is 1.41. The van der Waals surface area contributed by atoms with Gasteiger partial charge in [0.05, 0.1) is 12.7 Å². The first-order chi connectivity index (χ1) is 7.10. The van der Waals surface area contributed by atoms with Gasteiger partial charge in [0.1, 0.15) is 11.6 Å². The molecule has 0 aliphatic carbocycles. The van der Waals surface area contributed by atoms with Crippen molar-refractivity contribution in [3.05, 3.63) is 29.3 Å². The SMILES string of the molecule is CN=C(N)c1cc(C(C)C)ccc1OC. The Bertz CT molecular complexity index is 370. The van der Waals surface area contributed by atoms with Crippen molar-refractivity contribution in [1.29, 1.82) is 0 Å². The van der Waals surface area contributed by atoms with Crippen LogP contribution in [0, 0.1) is 0 Å². The van der Waals surface area contributed by atoms with Gasteiger partial charge in [0, 0.05) is 7.05 Å². The maximum absolute atomic E-state index is 5.81. The Hall–Kier alpha value is -1.51. The van der Waals surface area contributed by atoms with Gasteiger partial charge in [-0.25, -0.2) is 0 Å². The highest BCUT2D eigenvalue weighted by Crippen LogP contribution is 2.23. The Morgan fingerprint density at radius 3 is 2.53 bits per heavy atom. The average Bonchev–Trinajstić information content (AvgIpc) is 2.27. The first-order valence-corrected chi connectivity index (χ1v) is 5.00. The van der Waals surface area contributed by atoms with Crippen molar-refractivity contribution in [3.63, 3.8) is 0 Å². The summed E-state index contributed by atoms with van der Waals surface area (Å²) in [5.41, 5.74) is 7.91. The molecule has 0 atom stereocenters. The monoisotopic (exact) mass is 206 g/mol. The molecule has 0 fully saturated rings. The number of nitrogens with zero attached hydrogens (tertiary/aromatic N) is 1. The lowest BCUT2D eigenvalue weighted by atomic mass is 10.00. The van der Waals surface area contributed by atoms with E-state index in [1.54, 1.807) is 14.2 Å². The van der Waals surface area contributed by atoms with Crippen molar-refractivity contribution in [1.82, 2.24) is 0 Å². The van der Waals surface area contributed by atoms with Crippen LogP contribution in [0.25, 0.3) is 0 Å². The highest BCUT2D eigenvalue weighted by Gasteiger charge is 2.09. The summed E-state index contributed by atoms with van der Waals surface area (Å²) >= 11 is 0. The fourth-order valence-electron chi connectivity index (χ4n) is 1.41. The van der Waals surface area contributed by atoms with Crippen molar-refractivity contribution in [2.24, 2.45) is 10.7 Å². The molecule has 1 aromatic carbocycles. The molecule has 0 heterocycles. The van der Waals surface area contributed by atoms with Crippen LogP contribution in [0.4, 0.5) is 0 Å². The van der Waals surface area contributed by atoms with Crippen LogP contribution in [-0.4, -0.2) is 20.0 Å². The zero-order valence-electron chi connectivity index (χ0n) is 9.74. The lowest BCUT2D eigenvalue weighted by Crippen LogP contribution is -2.14. The summed E-state index contributed by atoms with van der Waals surface area (Å²) in [6, 6.07) is 6.02. The lowest BCUT2D eigenvalue weighted by molar-refractivity contribution is 0.413. The Balaban J connectivity index is 3.25. The van der Waals surface area contributed by atoms with E-state index in [0.717, 1.165) is 11.3 Å². The van der Waals surface area contributed by atoms with E-state index in [1.807, 2.05) is 12.1 Å². The molecule has 3 heteroatoms. The van der Waals surface area contributed by atoms with Crippen LogP contribution in [-0.2, 0) is 0 Å². The second-order valence-corrected chi connectivity index (χ2v) is 3.72. The van der Waals surface area contributed by atoms with E-state index >= 15 is 0 Å². The minimum atomic E-state index is 0.472. The van der Waals surface area contributed by atoms with E-state index in [0.29, 0.717) is 11.8 Å². The van der Waals surface area contributed by atoms with Crippen LogP contribution in [0.5, 0.6) is 5.75 Å². The lowest BCUT2D eigenvalue weighted by Gasteiger charge is -2.12. The van der Waals surface area contributed by atoms with E-state index in [-0.39, 0.29) is 0 Å². The summed E-state index contributed by atoms with van der Waals surface area (Å²) in [6.07, 6.45) is 0. The first kappa shape index (κ1) is 11.6. The van der Waals surface area contributed by atoms with Crippen LogP contribution >= 0.6 is 0 Å². The summed E-state index contributed by atoms with van der Waals surface area (Å²) in [6.45, 7) is 4.29. The molecule has 0 saturated carbocycles. The number of aliphatic imine (C=N–C) groups is 1. The molecule has 82 valence electrons. The number of nitrogens with two attached hydrogens (primary N) is 1. The zero-order chi connectivity index (χ0) is 11.4. The molecule has 0 spiro atoms. The third-order valence-electron chi connectivity index (χ3n) is 2.41. The number of amidine groups is 1. The van der Waals surface area contributed by atoms with Crippen molar-refractivity contribution in [2.75, 3.05) is 14.2 Å². The molecule has 1 aromatic rings. The maximum atomic E-state index is 5.81. The van der Waals surface area contributed by atoms with Gasteiger partial charge in [-0.15, -0.1) is 0 Å². The quantitative estimate of drug-likeness (QED) is 0.608. The van der Waals surface area contributed by atoms with Crippen molar-refractivity contribution < 1.29 is 4.74 Å². The number of hydrogen-bond acceptors (Lipinski definition) is 2. The molecule has 0 aliphatic rings. The minimum Gasteiger partial charge on any atom is -0.496 e. The largest absolute Gasteiger partial charge is 0.496 e. The smallest absolute Gasteiger partial charge is 0.129 e. The molecular weight excluding hydrogens is 188 g/mol. The summed E-state index contributed by atoms with van der Waals surface area (Å²) in [5.74, 6) is 1.75. The second-order valence-electron chi connectivity index (χ2n) is 3.72. The average molecular weight is 206 g/mol. The standard InChI is InChI=1S/C12H18N2O/c1-8(2)9-5-6-11(15-4)10(7-9)12(13)14-3/h5-8H,1-4H3,(H2,13,14). The summed E-state index contributed by atoms with van der Waals surface area (Å²) in [5, 5.41) is 0. The highest BCUT2D eigenvalue weighted by atomic mass is 16.5. The third-order valence-corrected chi connectivity index (χ3v) is 2.41. The van der Waals surface area contributed by atoms with Gasteiger partial charge in [-0.2, -0.15) is 0 Å². The van der Waals surface area contributed by atoms with Gasteiger partial charge in [0.2, 0.25) is 0 Å². The van der Waals surface area contributed by atoms with E-state index < -0.39 is 0 Å². The van der Waals surface area contributed by atoms with E-state index in [4.69, 9.17) is 10.5 Å². The van der Waals surface area contributed by atoms with E-state index in [2.05, 4.69) is 24.9 Å². The van der Waals surface area contributed by atoms with Crippen molar-refractivity contribution in [3.8, 4) is 5.75 Å². The van der Waals surface area contributed by atoms with Gasteiger partial charge in [-0.3, -0.25) is 4.99 Å². The molecule has 0 aliphatic heterocycles. The second kappa shape index (κ2) is 4.82. The number of hydrogen-bond donors (Lipinski definition) is 1. The predicted octanol–water partition coefficient (Wildman–Crippen LogP) is 2.15. The molecule has 3 nitrogen and oxygen atoms in total. The molecule has 0 aromatic heterocycles. The number of methoxy groups -OCH3 is 1. The Labute approximate surface area is 91.0 Å². The summed E-state index contributed by atoms with van der Waals surface area (Å²) in [7, 11) is 3.31. The highest BCUT2D eigenvalue weighted by molar-refractivity contribution is 6.00. The summed E-state index contributed by atoms with van der Waals surface area (Å²) in [4.78, 5) is 3.98. The number of benzene rings is 1. The Morgan fingerprint density at radius 2 is 2.07 bits per heavy atom. The van der Waals surface area contributed by atoms with Gasteiger partial charge in [-0.05, 0) is 23.6 Å².